The Morgan fingerprint density at radius 2 is 1.85 bits per heavy atom. The third-order valence-corrected chi connectivity index (χ3v) is 5.79. The number of carbonyl (C=O) groups is 2. The van der Waals surface area contributed by atoms with Crippen molar-refractivity contribution in [3.8, 4) is 0 Å². The van der Waals surface area contributed by atoms with E-state index in [9.17, 15) is 18.8 Å². The van der Waals surface area contributed by atoms with Crippen LogP contribution in [0.15, 0.2) is 47.3 Å². The minimum atomic E-state index is -0.653. The number of aromatic nitrogens is 2. The van der Waals surface area contributed by atoms with Gasteiger partial charge in [-0.2, -0.15) is 0 Å². The number of aryl methyl sites for hydroxylation is 1. The Labute approximate surface area is 190 Å². The largest absolute Gasteiger partial charge is 0.452 e. The maximum atomic E-state index is 12.9. The minimum absolute atomic E-state index is 0.0858. The first-order chi connectivity index (χ1) is 16.0. The summed E-state index contributed by atoms with van der Waals surface area (Å²) in [7, 11) is 0. The third kappa shape index (κ3) is 5.63. The van der Waals surface area contributed by atoms with Crippen LogP contribution in [0.2, 0.25) is 0 Å². The number of carbonyl (C=O) groups excluding carboxylic acids is 2. The van der Waals surface area contributed by atoms with Crippen LogP contribution in [0.4, 0.5) is 4.39 Å². The van der Waals surface area contributed by atoms with Gasteiger partial charge in [0.25, 0.3) is 11.5 Å². The second-order valence-corrected chi connectivity index (χ2v) is 8.18. The van der Waals surface area contributed by atoms with Crippen molar-refractivity contribution in [2.24, 2.45) is 0 Å². The quantitative estimate of drug-likeness (QED) is 0.582. The fourth-order valence-electron chi connectivity index (χ4n) is 3.98. The monoisotopic (exact) mass is 451 g/mol. The highest BCUT2D eigenvalue weighted by Crippen LogP contribution is 2.17. The van der Waals surface area contributed by atoms with Crippen molar-refractivity contribution >= 4 is 22.8 Å². The van der Waals surface area contributed by atoms with E-state index in [2.05, 4.69) is 10.3 Å². The molecule has 0 saturated carbocycles. The van der Waals surface area contributed by atoms with E-state index >= 15 is 0 Å². The molecule has 1 aliphatic heterocycles. The van der Waals surface area contributed by atoms with Crippen LogP contribution in [-0.4, -0.2) is 34.6 Å². The molecule has 7 nitrogen and oxygen atoms in total. The molecule has 2 heterocycles. The van der Waals surface area contributed by atoms with Gasteiger partial charge in [0.05, 0.1) is 16.5 Å². The molecular formula is C25H26FN3O4. The van der Waals surface area contributed by atoms with Gasteiger partial charge in [-0.15, -0.1) is 0 Å². The lowest BCUT2D eigenvalue weighted by molar-refractivity contribution is -0.124. The molecule has 0 saturated heterocycles. The Kier molecular flexibility index (Phi) is 7.12. The molecule has 1 aliphatic rings. The average molecular weight is 451 g/mol. The van der Waals surface area contributed by atoms with Crippen LogP contribution in [0, 0.1) is 5.82 Å². The van der Waals surface area contributed by atoms with E-state index < -0.39 is 18.5 Å². The Bertz CT molecular complexity index is 1220. The zero-order valence-electron chi connectivity index (χ0n) is 18.3. The van der Waals surface area contributed by atoms with Gasteiger partial charge in [0.15, 0.2) is 6.61 Å². The topological polar surface area (TPSA) is 90.3 Å². The molecule has 3 aromatic rings. The Morgan fingerprint density at radius 3 is 2.67 bits per heavy atom. The molecule has 0 spiro atoms. The summed E-state index contributed by atoms with van der Waals surface area (Å²) in [6.07, 6.45) is 5.43. The summed E-state index contributed by atoms with van der Waals surface area (Å²) in [4.78, 5) is 42.0. The number of fused-ring (bicyclic) bond motifs is 2. The van der Waals surface area contributed by atoms with Crippen molar-refractivity contribution in [1.29, 1.82) is 0 Å². The molecule has 172 valence electrons. The van der Waals surface area contributed by atoms with E-state index in [1.807, 2.05) is 0 Å². The molecule has 0 radical (unpaired) electrons. The number of halogens is 1. The molecule has 1 amide bonds. The van der Waals surface area contributed by atoms with Gasteiger partial charge < -0.3 is 10.1 Å². The molecular weight excluding hydrogens is 425 g/mol. The van der Waals surface area contributed by atoms with E-state index in [-0.39, 0.29) is 16.9 Å². The molecule has 4 rings (SSSR count). The number of nitrogens with one attached hydrogen (secondary N) is 1. The zero-order valence-corrected chi connectivity index (χ0v) is 18.3. The molecule has 0 fully saturated rings. The highest BCUT2D eigenvalue weighted by atomic mass is 19.1. The molecule has 0 unspecified atom stereocenters. The second kappa shape index (κ2) is 10.4. The van der Waals surface area contributed by atoms with Gasteiger partial charge in [0.1, 0.15) is 11.6 Å². The molecule has 8 heteroatoms. The van der Waals surface area contributed by atoms with Crippen LogP contribution in [0.25, 0.3) is 10.9 Å². The normalized spacial score (nSPS) is 13.6. The van der Waals surface area contributed by atoms with E-state index in [1.54, 1.807) is 28.8 Å². The maximum Gasteiger partial charge on any atom is 0.338 e. The first-order valence-electron chi connectivity index (χ1n) is 11.2. The Balaban J connectivity index is 1.36. The van der Waals surface area contributed by atoms with Gasteiger partial charge in [-0.1, -0.05) is 25.0 Å². The van der Waals surface area contributed by atoms with Gasteiger partial charge in [-0.3, -0.25) is 14.2 Å². The molecule has 0 aliphatic carbocycles. The Morgan fingerprint density at radius 1 is 1.06 bits per heavy atom. The summed E-state index contributed by atoms with van der Waals surface area (Å²) in [5.74, 6) is -0.642. The first-order valence-corrected chi connectivity index (χ1v) is 11.2. The lowest BCUT2D eigenvalue weighted by Crippen LogP contribution is -2.30. The molecule has 1 aromatic heterocycles. The van der Waals surface area contributed by atoms with Gasteiger partial charge in [-0.25, -0.2) is 14.2 Å². The van der Waals surface area contributed by atoms with Crippen LogP contribution in [0.3, 0.4) is 0 Å². The summed E-state index contributed by atoms with van der Waals surface area (Å²) >= 11 is 0. The average Bonchev–Trinajstić information content (AvgIpc) is 2.80. The van der Waals surface area contributed by atoms with E-state index in [1.165, 1.54) is 18.2 Å². The first kappa shape index (κ1) is 22.6. The van der Waals surface area contributed by atoms with Crippen molar-refractivity contribution in [2.75, 3.05) is 13.2 Å². The number of esters is 1. The van der Waals surface area contributed by atoms with Gasteiger partial charge in [0.2, 0.25) is 0 Å². The maximum absolute atomic E-state index is 12.9. The highest BCUT2D eigenvalue weighted by molar-refractivity contribution is 5.95. The molecule has 2 aromatic carbocycles. The Hall–Kier alpha value is -3.55. The van der Waals surface area contributed by atoms with Crippen molar-refractivity contribution in [1.82, 2.24) is 14.9 Å². The van der Waals surface area contributed by atoms with Crippen molar-refractivity contribution in [3.63, 3.8) is 0 Å². The fraction of sp³-hybridized carbons (Fsp3) is 0.360. The number of ether oxygens (including phenoxy) is 1. The van der Waals surface area contributed by atoms with Crippen LogP contribution in [-0.2, 0) is 28.9 Å². The fourth-order valence-corrected chi connectivity index (χ4v) is 3.98. The summed E-state index contributed by atoms with van der Waals surface area (Å²) in [6, 6.07) is 10.7. The number of hydrogen-bond acceptors (Lipinski definition) is 5. The summed E-state index contributed by atoms with van der Waals surface area (Å²) < 4.78 is 19.8. The number of nitrogens with zero attached hydrogens (tertiary/aromatic N) is 2. The highest BCUT2D eigenvalue weighted by Gasteiger charge is 2.16. The third-order valence-electron chi connectivity index (χ3n) is 5.79. The van der Waals surface area contributed by atoms with Crippen molar-refractivity contribution < 1.29 is 18.7 Å². The lowest BCUT2D eigenvalue weighted by Gasteiger charge is -2.16. The summed E-state index contributed by atoms with van der Waals surface area (Å²) in [5, 5.41) is 3.14. The van der Waals surface area contributed by atoms with E-state index in [0.717, 1.165) is 43.5 Å². The number of rotatable bonds is 6. The summed E-state index contributed by atoms with van der Waals surface area (Å²) in [6.45, 7) is 0.592. The van der Waals surface area contributed by atoms with Crippen LogP contribution < -0.4 is 10.9 Å². The minimum Gasteiger partial charge on any atom is -0.452 e. The van der Waals surface area contributed by atoms with Crippen molar-refractivity contribution in [3.05, 3.63) is 75.6 Å². The standard InChI is InChI=1S/C25H26FN3O4/c26-19-9-6-17(7-10-19)12-13-27-23(30)16-33-25(32)18-8-11-20-21(15-18)28-22-5-3-1-2-4-14-29(22)24(20)31/h6-11,15H,1-5,12-14,16H2,(H,27,30). The van der Waals surface area contributed by atoms with Gasteiger partial charge in [0, 0.05) is 19.5 Å². The molecule has 0 bridgehead atoms. The van der Waals surface area contributed by atoms with Gasteiger partial charge >= 0.3 is 5.97 Å². The van der Waals surface area contributed by atoms with Crippen LogP contribution in [0.1, 0.15) is 47.4 Å². The van der Waals surface area contributed by atoms with Gasteiger partial charge in [-0.05, 0) is 55.2 Å². The number of benzene rings is 2. The van der Waals surface area contributed by atoms with Crippen LogP contribution in [0.5, 0.6) is 0 Å². The predicted octanol–water partition coefficient (Wildman–Crippen LogP) is 3.17. The second-order valence-electron chi connectivity index (χ2n) is 8.18. The van der Waals surface area contributed by atoms with E-state index in [4.69, 9.17) is 4.74 Å². The predicted molar refractivity (Wildman–Crippen MR) is 122 cm³/mol. The SMILES string of the molecule is O=C(COC(=O)c1ccc2c(=O)n3c(nc2c1)CCCCCC3)NCCc1ccc(F)cc1. The molecule has 33 heavy (non-hydrogen) atoms. The smallest absolute Gasteiger partial charge is 0.338 e. The number of hydrogen-bond donors (Lipinski definition) is 1. The van der Waals surface area contributed by atoms with Crippen molar-refractivity contribution in [2.45, 2.75) is 45.1 Å². The number of amides is 1. The molecule has 0 atom stereocenters. The lowest BCUT2D eigenvalue weighted by atomic mass is 10.1. The zero-order chi connectivity index (χ0) is 23.2. The van der Waals surface area contributed by atoms with E-state index in [0.29, 0.717) is 30.4 Å². The molecule has 1 N–H and O–H groups in total. The van der Waals surface area contributed by atoms with Crippen LogP contribution >= 0.6 is 0 Å². The summed E-state index contributed by atoms with van der Waals surface area (Å²) in [5.41, 5.74) is 1.51.